The zero-order chi connectivity index (χ0) is 20.9. The quantitative estimate of drug-likeness (QED) is 0.507. The van der Waals surface area contributed by atoms with Crippen molar-refractivity contribution >= 4 is 59.1 Å². The van der Waals surface area contributed by atoms with Gasteiger partial charge >= 0.3 is 0 Å². The van der Waals surface area contributed by atoms with Crippen LogP contribution in [0.4, 0.5) is 5.69 Å². The molecule has 1 saturated heterocycles. The molecular formula is C21H24ClN3O4S2. The Morgan fingerprint density at radius 1 is 1.10 bits per heavy atom. The average molecular weight is 482 g/mol. The molecule has 3 aliphatic heterocycles. The molecule has 1 aromatic rings. The van der Waals surface area contributed by atoms with Crippen molar-refractivity contribution < 1.29 is 19.1 Å². The molecule has 0 atom stereocenters. The van der Waals surface area contributed by atoms with E-state index in [2.05, 4.69) is 10.2 Å². The Bertz CT molecular complexity index is 906. The van der Waals surface area contributed by atoms with Crippen molar-refractivity contribution in [2.24, 2.45) is 0 Å². The fourth-order valence-electron chi connectivity index (χ4n) is 3.62. The molecule has 166 valence electrons. The fraction of sp³-hybridized carbons (Fsp3) is 0.381. The molecular weight excluding hydrogens is 458 g/mol. The molecule has 3 heterocycles. The normalized spacial score (nSPS) is 19.2. The van der Waals surface area contributed by atoms with Crippen molar-refractivity contribution in [3.05, 3.63) is 50.5 Å². The van der Waals surface area contributed by atoms with Crippen LogP contribution in [-0.2, 0) is 14.3 Å². The van der Waals surface area contributed by atoms with Crippen molar-refractivity contribution in [2.45, 2.75) is 0 Å². The van der Waals surface area contributed by atoms with E-state index in [-0.39, 0.29) is 48.5 Å². The third-order valence-corrected chi connectivity index (χ3v) is 7.26. The number of fused-ring (bicyclic) bond motifs is 1. The predicted molar refractivity (Wildman–Crippen MR) is 127 cm³/mol. The summed E-state index contributed by atoms with van der Waals surface area (Å²) in [5.41, 5.74) is 1.30. The largest absolute Gasteiger partial charge is 0.379 e. The summed E-state index contributed by atoms with van der Waals surface area (Å²) < 4.78 is 6.04. The Labute approximate surface area is 196 Å². The van der Waals surface area contributed by atoms with Crippen LogP contribution in [-0.4, -0.2) is 74.9 Å². The van der Waals surface area contributed by atoms with Crippen LogP contribution in [0.5, 0.6) is 0 Å². The summed E-state index contributed by atoms with van der Waals surface area (Å²) in [7, 11) is 0. The minimum atomic E-state index is -0.274. The molecule has 1 aromatic carbocycles. The fourth-order valence-corrected chi connectivity index (χ4v) is 5.52. The second-order valence-corrected chi connectivity index (χ2v) is 9.19. The summed E-state index contributed by atoms with van der Waals surface area (Å²) in [6, 6.07) is 7.11. The van der Waals surface area contributed by atoms with Gasteiger partial charge in [-0.2, -0.15) is 0 Å². The molecule has 3 aliphatic rings. The van der Waals surface area contributed by atoms with Gasteiger partial charge in [0.1, 0.15) is 0 Å². The van der Waals surface area contributed by atoms with Crippen molar-refractivity contribution in [2.75, 3.05) is 57.4 Å². The Balaban J connectivity index is 0.00000272. The zero-order valence-electron chi connectivity index (χ0n) is 16.9. The number of thioether (sulfide) groups is 2. The van der Waals surface area contributed by atoms with Gasteiger partial charge in [0.15, 0.2) is 11.6 Å². The molecule has 0 spiro atoms. The number of amides is 1. The number of nitrogens with one attached hydrogen (secondary N) is 1. The maximum absolute atomic E-state index is 13.1. The van der Waals surface area contributed by atoms with E-state index in [0.29, 0.717) is 22.0 Å². The number of morpholine rings is 1. The van der Waals surface area contributed by atoms with E-state index in [1.165, 1.54) is 23.5 Å². The first-order valence-electron chi connectivity index (χ1n) is 9.85. The zero-order valence-corrected chi connectivity index (χ0v) is 19.3. The van der Waals surface area contributed by atoms with Gasteiger partial charge in [0.2, 0.25) is 5.91 Å². The number of ketones is 2. The number of para-hydroxylation sites is 1. The summed E-state index contributed by atoms with van der Waals surface area (Å²) in [4.78, 5) is 42.6. The summed E-state index contributed by atoms with van der Waals surface area (Å²) >= 11 is 2.78. The van der Waals surface area contributed by atoms with Crippen molar-refractivity contribution in [3.8, 4) is 0 Å². The molecule has 0 bridgehead atoms. The van der Waals surface area contributed by atoms with E-state index in [1.807, 2.05) is 16.9 Å². The summed E-state index contributed by atoms with van der Waals surface area (Å²) in [5, 5.41) is 6.66. The van der Waals surface area contributed by atoms with E-state index in [9.17, 15) is 14.4 Å². The van der Waals surface area contributed by atoms with E-state index in [1.54, 1.807) is 23.1 Å². The van der Waals surface area contributed by atoms with Crippen LogP contribution in [0.25, 0.3) is 0 Å². The topological polar surface area (TPSA) is 79.0 Å². The summed E-state index contributed by atoms with van der Waals surface area (Å²) in [6.45, 7) is 4.51. The number of rotatable bonds is 5. The highest BCUT2D eigenvalue weighted by molar-refractivity contribution is 8.27. The lowest BCUT2D eigenvalue weighted by Gasteiger charge is -2.27. The number of benzene rings is 1. The first-order valence-corrected chi connectivity index (χ1v) is 11.6. The smallest absolute Gasteiger partial charge is 0.239 e. The van der Waals surface area contributed by atoms with E-state index < -0.39 is 0 Å². The lowest BCUT2D eigenvalue weighted by atomic mass is 10.0. The lowest BCUT2D eigenvalue weighted by Crippen LogP contribution is -2.44. The number of carbonyl (C=O) groups is 3. The minimum absolute atomic E-state index is 0. The molecule has 0 aliphatic carbocycles. The highest BCUT2D eigenvalue weighted by Gasteiger charge is 2.33. The van der Waals surface area contributed by atoms with Crippen LogP contribution in [0.15, 0.2) is 44.9 Å². The maximum atomic E-state index is 13.1. The Hall–Kier alpha value is -1.78. The lowest BCUT2D eigenvalue weighted by molar-refractivity contribution is -0.119. The van der Waals surface area contributed by atoms with E-state index >= 15 is 0 Å². The Morgan fingerprint density at radius 2 is 1.81 bits per heavy atom. The third-order valence-electron chi connectivity index (χ3n) is 5.13. The molecule has 4 rings (SSSR count). The predicted octanol–water partition coefficient (Wildman–Crippen LogP) is 2.29. The Kier molecular flexibility index (Phi) is 8.62. The summed E-state index contributed by atoms with van der Waals surface area (Å²) in [6.07, 6.45) is 0. The van der Waals surface area contributed by atoms with Crippen LogP contribution in [0.1, 0.15) is 10.4 Å². The van der Waals surface area contributed by atoms with Crippen LogP contribution in [0.3, 0.4) is 0 Å². The van der Waals surface area contributed by atoms with Gasteiger partial charge in [0.05, 0.1) is 36.1 Å². The van der Waals surface area contributed by atoms with Gasteiger partial charge in [-0.15, -0.1) is 12.4 Å². The SMILES string of the molecule is Cl.O=C(CN1CC(=O)C(=C2SC=CS2)C(=O)c2ccccc21)NCCN1CCOCC1. The molecule has 0 unspecified atom stereocenters. The van der Waals surface area contributed by atoms with Gasteiger partial charge in [0.25, 0.3) is 0 Å². The first kappa shape index (κ1) is 23.9. The van der Waals surface area contributed by atoms with Gasteiger partial charge in [0, 0.05) is 37.4 Å². The van der Waals surface area contributed by atoms with Crippen molar-refractivity contribution in [1.29, 1.82) is 0 Å². The molecule has 31 heavy (non-hydrogen) atoms. The molecule has 1 fully saturated rings. The Morgan fingerprint density at radius 3 is 2.55 bits per heavy atom. The van der Waals surface area contributed by atoms with E-state index in [4.69, 9.17) is 4.74 Å². The van der Waals surface area contributed by atoms with Crippen LogP contribution in [0.2, 0.25) is 0 Å². The highest BCUT2D eigenvalue weighted by Crippen LogP contribution is 2.42. The number of hydrogen-bond acceptors (Lipinski definition) is 8. The molecule has 7 nitrogen and oxygen atoms in total. The van der Waals surface area contributed by atoms with Gasteiger partial charge in [-0.1, -0.05) is 35.7 Å². The van der Waals surface area contributed by atoms with Crippen LogP contribution in [0, 0.1) is 0 Å². The summed E-state index contributed by atoms with van der Waals surface area (Å²) in [5.74, 6) is -0.693. The number of ether oxygens (including phenoxy) is 1. The maximum Gasteiger partial charge on any atom is 0.239 e. The molecule has 0 radical (unpaired) electrons. The number of carbonyl (C=O) groups excluding carboxylic acids is 3. The molecule has 1 amide bonds. The number of Topliss-reactive ketones (excluding diaryl/α,β-unsaturated/α-hetero) is 2. The number of hydrogen-bond donors (Lipinski definition) is 1. The third kappa shape index (κ3) is 5.72. The molecule has 10 heteroatoms. The van der Waals surface area contributed by atoms with Crippen molar-refractivity contribution in [3.63, 3.8) is 0 Å². The molecule has 0 saturated carbocycles. The van der Waals surface area contributed by atoms with Gasteiger partial charge < -0.3 is 15.0 Å². The number of nitrogens with zero attached hydrogens (tertiary/aromatic N) is 2. The van der Waals surface area contributed by atoms with Crippen LogP contribution < -0.4 is 10.2 Å². The molecule has 0 aromatic heterocycles. The van der Waals surface area contributed by atoms with Crippen LogP contribution >= 0.6 is 35.9 Å². The second-order valence-electron chi connectivity index (χ2n) is 7.10. The van der Waals surface area contributed by atoms with Gasteiger partial charge in [-0.25, -0.2) is 0 Å². The van der Waals surface area contributed by atoms with Gasteiger partial charge in [-0.05, 0) is 22.9 Å². The molecule has 1 N–H and O–H groups in total. The van der Waals surface area contributed by atoms with E-state index in [0.717, 1.165) is 32.8 Å². The standard InChI is InChI=1S/C21H23N3O4S2.ClH/c25-17-13-24(14-18(26)22-5-6-23-7-9-28-10-8-23)16-4-2-1-3-15(16)20(27)19(17)21-29-11-12-30-21;/h1-4,11-12H,5-10,13-14H2,(H,22,26);1H. The number of anilines is 1. The monoisotopic (exact) mass is 481 g/mol. The first-order chi connectivity index (χ1) is 14.6. The van der Waals surface area contributed by atoms with Crippen molar-refractivity contribution in [1.82, 2.24) is 10.2 Å². The number of halogens is 1. The average Bonchev–Trinajstić information content (AvgIpc) is 3.25. The highest BCUT2D eigenvalue weighted by atomic mass is 35.5. The minimum Gasteiger partial charge on any atom is -0.379 e. The second kappa shape index (κ2) is 11.2. The van der Waals surface area contributed by atoms with Gasteiger partial charge in [-0.3, -0.25) is 19.3 Å².